The topological polar surface area (TPSA) is 111 Å². The molecule has 0 aromatic carbocycles. The maximum Gasteiger partial charge on any atom is 0.341 e. The number of carbonyl (C=O) groups excluding carboxylic acids is 1. The zero-order chi connectivity index (χ0) is 14.3. The molecular weight excluding hydrogens is 270 g/mol. The fourth-order valence-electron chi connectivity index (χ4n) is 1.40. The highest BCUT2D eigenvalue weighted by Crippen LogP contribution is 2.12. The van der Waals surface area contributed by atoms with Gasteiger partial charge in [0, 0.05) is 12.7 Å². The van der Waals surface area contributed by atoms with E-state index in [-0.39, 0.29) is 12.4 Å². The first-order valence-electron chi connectivity index (χ1n) is 5.80. The Bertz CT molecular complexity index is 530. The molecule has 19 heavy (non-hydrogen) atoms. The van der Waals surface area contributed by atoms with E-state index < -0.39 is 16.0 Å². The van der Waals surface area contributed by atoms with Crippen LogP contribution in [0, 0.1) is 0 Å². The predicted molar refractivity (Wildman–Crippen MR) is 71.3 cm³/mol. The molecule has 1 aromatic rings. The van der Waals surface area contributed by atoms with Crippen molar-refractivity contribution in [1.82, 2.24) is 4.98 Å². The Kier molecular flexibility index (Phi) is 5.71. The third kappa shape index (κ3) is 5.66. The SMILES string of the molecule is CCOC(=O)c1cccnc1NCCCS(N)(=O)=O. The Hall–Kier alpha value is -1.67. The molecule has 8 heteroatoms. The smallest absolute Gasteiger partial charge is 0.341 e. The predicted octanol–water partition coefficient (Wildman–Crippen LogP) is 0.349. The van der Waals surface area contributed by atoms with Crippen LogP contribution in [0.15, 0.2) is 18.3 Å². The fourth-order valence-corrected chi connectivity index (χ4v) is 1.95. The van der Waals surface area contributed by atoms with E-state index in [1.807, 2.05) is 0 Å². The van der Waals surface area contributed by atoms with Crippen molar-refractivity contribution in [3.8, 4) is 0 Å². The van der Waals surface area contributed by atoms with Crippen molar-refractivity contribution in [2.75, 3.05) is 24.2 Å². The van der Waals surface area contributed by atoms with Crippen LogP contribution in [0.25, 0.3) is 0 Å². The van der Waals surface area contributed by atoms with Crippen molar-refractivity contribution < 1.29 is 17.9 Å². The van der Waals surface area contributed by atoms with Crippen molar-refractivity contribution in [1.29, 1.82) is 0 Å². The summed E-state index contributed by atoms with van der Waals surface area (Å²) in [6.45, 7) is 2.34. The molecule has 1 heterocycles. The summed E-state index contributed by atoms with van der Waals surface area (Å²) in [5.41, 5.74) is 0.319. The summed E-state index contributed by atoms with van der Waals surface area (Å²) in [6, 6.07) is 3.22. The second-order valence-corrected chi connectivity index (χ2v) is 5.50. The van der Waals surface area contributed by atoms with Crippen molar-refractivity contribution in [2.24, 2.45) is 5.14 Å². The van der Waals surface area contributed by atoms with Crippen molar-refractivity contribution in [2.45, 2.75) is 13.3 Å². The number of ether oxygens (including phenoxy) is 1. The van der Waals surface area contributed by atoms with Gasteiger partial charge in [-0.15, -0.1) is 0 Å². The molecule has 0 saturated carbocycles. The Morgan fingerprint density at radius 3 is 2.89 bits per heavy atom. The Morgan fingerprint density at radius 2 is 2.26 bits per heavy atom. The highest BCUT2D eigenvalue weighted by molar-refractivity contribution is 7.89. The summed E-state index contributed by atoms with van der Waals surface area (Å²) in [4.78, 5) is 15.7. The lowest BCUT2D eigenvalue weighted by molar-refractivity contribution is 0.0527. The van der Waals surface area contributed by atoms with Gasteiger partial charge in [-0.05, 0) is 25.5 Å². The molecule has 0 radical (unpaired) electrons. The average molecular weight is 287 g/mol. The summed E-state index contributed by atoms with van der Waals surface area (Å²) in [7, 11) is -3.47. The third-order valence-electron chi connectivity index (χ3n) is 2.20. The Labute approximate surface area is 112 Å². The van der Waals surface area contributed by atoms with Crippen LogP contribution in [0.5, 0.6) is 0 Å². The van der Waals surface area contributed by atoms with Crippen LogP contribution in [-0.2, 0) is 14.8 Å². The number of rotatable bonds is 7. The first-order chi connectivity index (χ1) is 8.94. The molecule has 0 unspecified atom stereocenters. The van der Waals surface area contributed by atoms with E-state index in [4.69, 9.17) is 9.88 Å². The van der Waals surface area contributed by atoms with Gasteiger partial charge in [0.05, 0.1) is 12.4 Å². The molecule has 1 aromatic heterocycles. The van der Waals surface area contributed by atoms with E-state index in [2.05, 4.69) is 10.3 Å². The van der Waals surface area contributed by atoms with Crippen LogP contribution in [0.3, 0.4) is 0 Å². The monoisotopic (exact) mass is 287 g/mol. The van der Waals surface area contributed by atoms with Crippen molar-refractivity contribution >= 4 is 21.8 Å². The molecule has 0 bridgehead atoms. The van der Waals surface area contributed by atoms with Crippen LogP contribution < -0.4 is 10.5 Å². The van der Waals surface area contributed by atoms with Gasteiger partial charge in [-0.25, -0.2) is 23.3 Å². The number of nitrogens with zero attached hydrogens (tertiary/aromatic N) is 1. The molecule has 3 N–H and O–H groups in total. The van der Waals surface area contributed by atoms with E-state index in [9.17, 15) is 13.2 Å². The maximum atomic E-state index is 11.6. The van der Waals surface area contributed by atoms with Crippen LogP contribution >= 0.6 is 0 Å². The number of hydrogen-bond acceptors (Lipinski definition) is 6. The van der Waals surface area contributed by atoms with Crippen LogP contribution in [0.4, 0.5) is 5.82 Å². The summed E-state index contributed by atoms with van der Waals surface area (Å²) in [5.74, 6) is -0.221. The van der Waals surface area contributed by atoms with Gasteiger partial charge in [-0.1, -0.05) is 0 Å². The Balaban J connectivity index is 2.61. The zero-order valence-electron chi connectivity index (χ0n) is 10.6. The molecule has 0 atom stereocenters. The van der Waals surface area contributed by atoms with Crippen molar-refractivity contribution in [3.05, 3.63) is 23.9 Å². The number of esters is 1. The third-order valence-corrected chi connectivity index (χ3v) is 3.06. The van der Waals surface area contributed by atoms with Crippen LogP contribution in [0.1, 0.15) is 23.7 Å². The minimum absolute atomic E-state index is 0.123. The molecule has 0 amide bonds. The van der Waals surface area contributed by atoms with Gasteiger partial charge in [0.15, 0.2) is 0 Å². The van der Waals surface area contributed by atoms with Gasteiger partial charge < -0.3 is 10.1 Å². The fraction of sp³-hybridized carbons (Fsp3) is 0.455. The minimum atomic E-state index is -3.47. The maximum absolute atomic E-state index is 11.6. The first kappa shape index (κ1) is 15.4. The van der Waals surface area contributed by atoms with Gasteiger partial charge >= 0.3 is 5.97 Å². The van der Waals surface area contributed by atoms with E-state index in [1.54, 1.807) is 19.1 Å². The molecule has 0 spiro atoms. The average Bonchev–Trinajstić information content (AvgIpc) is 2.34. The van der Waals surface area contributed by atoms with Gasteiger partial charge in [0.2, 0.25) is 10.0 Å². The lowest BCUT2D eigenvalue weighted by atomic mass is 10.2. The molecular formula is C11H17N3O4S. The van der Waals surface area contributed by atoms with Crippen LogP contribution in [-0.4, -0.2) is 38.3 Å². The van der Waals surface area contributed by atoms with Gasteiger partial charge in [-0.2, -0.15) is 0 Å². The quantitative estimate of drug-likeness (QED) is 0.553. The lowest BCUT2D eigenvalue weighted by Crippen LogP contribution is -2.19. The molecule has 106 valence electrons. The molecule has 0 fully saturated rings. The number of aromatic nitrogens is 1. The number of nitrogens with one attached hydrogen (secondary N) is 1. The van der Waals surface area contributed by atoms with E-state index in [1.165, 1.54) is 6.20 Å². The number of primary sulfonamides is 1. The molecule has 0 aliphatic rings. The second kappa shape index (κ2) is 7.05. The largest absolute Gasteiger partial charge is 0.462 e. The zero-order valence-corrected chi connectivity index (χ0v) is 11.4. The minimum Gasteiger partial charge on any atom is -0.462 e. The lowest BCUT2D eigenvalue weighted by Gasteiger charge is -2.09. The summed E-state index contributed by atoms with van der Waals surface area (Å²) in [5, 5.41) is 7.78. The van der Waals surface area contributed by atoms with Gasteiger partial charge in [0.25, 0.3) is 0 Å². The number of sulfonamides is 1. The molecule has 7 nitrogen and oxygen atoms in total. The summed E-state index contributed by atoms with van der Waals surface area (Å²) in [6.07, 6.45) is 1.86. The molecule has 0 aliphatic carbocycles. The number of pyridine rings is 1. The Morgan fingerprint density at radius 1 is 1.53 bits per heavy atom. The van der Waals surface area contributed by atoms with Crippen molar-refractivity contribution in [3.63, 3.8) is 0 Å². The number of anilines is 1. The second-order valence-electron chi connectivity index (χ2n) is 3.77. The van der Waals surface area contributed by atoms with E-state index in [0.29, 0.717) is 24.3 Å². The standard InChI is InChI=1S/C11H17N3O4S/c1-2-18-11(15)9-5-3-6-13-10(9)14-7-4-8-19(12,16)17/h3,5-6H,2,4,7-8H2,1H3,(H,13,14)(H2,12,16,17). The van der Waals surface area contributed by atoms with Crippen LogP contribution in [0.2, 0.25) is 0 Å². The summed E-state index contributed by atoms with van der Waals surface area (Å²) < 4.78 is 26.4. The highest BCUT2D eigenvalue weighted by Gasteiger charge is 2.12. The molecule has 1 rings (SSSR count). The number of nitrogens with two attached hydrogens (primary N) is 1. The highest BCUT2D eigenvalue weighted by atomic mass is 32.2. The first-order valence-corrected chi connectivity index (χ1v) is 7.52. The molecule has 0 aliphatic heterocycles. The number of carbonyl (C=O) groups is 1. The van der Waals surface area contributed by atoms with E-state index in [0.717, 1.165) is 0 Å². The van der Waals surface area contributed by atoms with Gasteiger partial charge in [0.1, 0.15) is 11.4 Å². The summed E-state index contributed by atoms with van der Waals surface area (Å²) >= 11 is 0. The van der Waals surface area contributed by atoms with Gasteiger partial charge in [-0.3, -0.25) is 0 Å². The number of hydrogen-bond donors (Lipinski definition) is 2. The normalized spacial score (nSPS) is 11.1. The van der Waals surface area contributed by atoms with E-state index >= 15 is 0 Å². The molecule has 0 saturated heterocycles.